The molecule has 0 unspecified atom stereocenters. The lowest BCUT2D eigenvalue weighted by atomic mass is 10.1. The van der Waals surface area contributed by atoms with Crippen LogP contribution in [0.1, 0.15) is 5.56 Å². The standard InChI is InChI=1S/C17H14O7/c1-23-7-10-11(19)6-12-13(14(10)20)15(21)16(22)17(24-12)8-2-4-9(18)5-3-8/h2-6,18-20,22H,7H2,1H3. The molecule has 0 fully saturated rings. The van der Waals surface area contributed by atoms with Gasteiger partial charge in [0.25, 0.3) is 0 Å². The zero-order valence-electron chi connectivity index (χ0n) is 12.6. The zero-order valence-corrected chi connectivity index (χ0v) is 12.6. The summed E-state index contributed by atoms with van der Waals surface area (Å²) in [7, 11) is 1.37. The van der Waals surface area contributed by atoms with Crippen molar-refractivity contribution in [1.82, 2.24) is 0 Å². The predicted molar refractivity (Wildman–Crippen MR) is 85.3 cm³/mol. The number of phenols is 3. The van der Waals surface area contributed by atoms with Crippen molar-refractivity contribution in [1.29, 1.82) is 0 Å². The van der Waals surface area contributed by atoms with Gasteiger partial charge in [0, 0.05) is 18.7 Å². The molecule has 7 nitrogen and oxygen atoms in total. The Hall–Kier alpha value is -3.19. The second-order valence-corrected chi connectivity index (χ2v) is 5.18. The van der Waals surface area contributed by atoms with Crippen molar-refractivity contribution >= 4 is 11.0 Å². The number of phenolic OH excluding ortho intramolecular Hbond substituents is 3. The summed E-state index contributed by atoms with van der Waals surface area (Å²) < 4.78 is 10.4. The minimum Gasteiger partial charge on any atom is -0.508 e. The molecular weight excluding hydrogens is 316 g/mol. The fraction of sp³-hybridized carbons (Fsp3) is 0.118. The topological polar surface area (TPSA) is 120 Å². The van der Waals surface area contributed by atoms with Crippen LogP contribution in [-0.2, 0) is 11.3 Å². The van der Waals surface area contributed by atoms with E-state index in [1.54, 1.807) is 0 Å². The van der Waals surface area contributed by atoms with E-state index in [1.807, 2.05) is 0 Å². The number of rotatable bonds is 3. The van der Waals surface area contributed by atoms with E-state index in [9.17, 15) is 25.2 Å². The molecule has 0 amide bonds. The molecule has 0 aliphatic heterocycles. The average Bonchev–Trinajstić information content (AvgIpc) is 2.55. The third kappa shape index (κ3) is 2.40. The molecule has 4 N–H and O–H groups in total. The largest absolute Gasteiger partial charge is 0.508 e. The summed E-state index contributed by atoms with van der Waals surface area (Å²) in [5.74, 6) is -1.61. The second kappa shape index (κ2) is 5.78. The van der Waals surface area contributed by atoms with Crippen LogP contribution in [0.3, 0.4) is 0 Å². The van der Waals surface area contributed by atoms with Gasteiger partial charge >= 0.3 is 0 Å². The van der Waals surface area contributed by atoms with Crippen molar-refractivity contribution in [2.75, 3.05) is 7.11 Å². The molecule has 3 rings (SSSR count). The molecule has 124 valence electrons. The molecule has 1 heterocycles. The summed E-state index contributed by atoms with van der Waals surface area (Å²) >= 11 is 0. The normalized spacial score (nSPS) is 11.0. The van der Waals surface area contributed by atoms with E-state index < -0.39 is 16.9 Å². The highest BCUT2D eigenvalue weighted by Crippen LogP contribution is 2.38. The Balaban J connectivity index is 2.33. The van der Waals surface area contributed by atoms with Gasteiger partial charge in [0.05, 0.1) is 12.2 Å². The number of aromatic hydroxyl groups is 4. The maximum Gasteiger partial charge on any atom is 0.238 e. The Morgan fingerprint density at radius 3 is 2.33 bits per heavy atom. The van der Waals surface area contributed by atoms with Crippen molar-refractivity contribution in [3.8, 4) is 34.3 Å². The highest BCUT2D eigenvalue weighted by Gasteiger charge is 2.22. The van der Waals surface area contributed by atoms with Crippen LogP contribution < -0.4 is 5.43 Å². The zero-order chi connectivity index (χ0) is 17.4. The number of methoxy groups -OCH3 is 1. The molecule has 1 aromatic heterocycles. The number of benzene rings is 2. The van der Waals surface area contributed by atoms with E-state index in [4.69, 9.17) is 9.15 Å². The van der Waals surface area contributed by atoms with E-state index in [0.717, 1.165) is 0 Å². The van der Waals surface area contributed by atoms with Gasteiger partial charge in [-0.1, -0.05) is 0 Å². The fourth-order valence-corrected chi connectivity index (χ4v) is 2.45. The van der Waals surface area contributed by atoms with Crippen molar-refractivity contribution in [2.45, 2.75) is 6.61 Å². The lowest BCUT2D eigenvalue weighted by molar-refractivity contribution is 0.179. The van der Waals surface area contributed by atoms with Crippen LogP contribution in [0.15, 0.2) is 39.5 Å². The summed E-state index contributed by atoms with van der Waals surface area (Å²) in [4.78, 5) is 12.4. The molecule has 0 spiro atoms. The Morgan fingerprint density at radius 2 is 1.71 bits per heavy atom. The van der Waals surface area contributed by atoms with Crippen LogP contribution in [0.5, 0.6) is 23.0 Å². The van der Waals surface area contributed by atoms with Gasteiger partial charge in [0.2, 0.25) is 11.2 Å². The first-order valence-electron chi connectivity index (χ1n) is 6.96. The smallest absolute Gasteiger partial charge is 0.238 e. The molecule has 2 aromatic carbocycles. The fourth-order valence-electron chi connectivity index (χ4n) is 2.45. The van der Waals surface area contributed by atoms with Gasteiger partial charge in [-0.25, -0.2) is 0 Å². The lowest BCUT2D eigenvalue weighted by Gasteiger charge is -2.11. The monoisotopic (exact) mass is 330 g/mol. The van der Waals surface area contributed by atoms with E-state index >= 15 is 0 Å². The summed E-state index contributed by atoms with van der Waals surface area (Å²) in [6.45, 7) is -0.118. The molecule has 0 radical (unpaired) electrons. The van der Waals surface area contributed by atoms with Gasteiger partial charge < -0.3 is 29.6 Å². The second-order valence-electron chi connectivity index (χ2n) is 5.18. The molecule has 3 aromatic rings. The summed E-state index contributed by atoms with van der Waals surface area (Å²) in [5, 5.41) is 39.4. The highest BCUT2D eigenvalue weighted by molar-refractivity contribution is 5.89. The molecular formula is C17H14O7. The first kappa shape index (κ1) is 15.7. The molecule has 0 saturated carbocycles. The van der Waals surface area contributed by atoms with Crippen LogP contribution in [0.4, 0.5) is 0 Å². The molecule has 7 heteroatoms. The van der Waals surface area contributed by atoms with Crippen molar-refractivity contribution in [3.05, 3.63) is 46.1 Å². The number of fused-ring (bicyclic) bond motifs is 1. The molecule has 24 heavy (non-hydrogen) atoms. The lowest BCUT2D eigenvalue weighted by Crippen LogP contribution is -2.04. The number of ether oxygens (including phenoxy) is 1. The van der Waals surface area contributed by atoms with E-state index in [0.29, 0.717) is 5.56 Å². The van der Waals surface area contributed by atoms with E-state index in [2.05, 4.69) is 0 Å². The quantitative estimate of drug-likeness (QED) is 0.582. The van der Waals surface area contributed by atoms with Crippen LogP contribution in [-0.4, -0.2) is 27.5 Å². The summed E-state index contributed by atoms with van der Waals surface area (Å²) in [6, 6.07) is 6.83. The molecule has 0 aliphatic carbocycles. The third-order valence-corrected chi connectivity index (χ3v) is 3.63. The van der Waals surface area contributed by atoms with E-state index in [1.165, 1.54) is 37.4 Å². The van der Waals surface area contributed by atoms with Crippen LogP contribution >= 0.6 is 0 Å². The van der Waals surface area contributed by atoms with Gasteiger partial charge in [-0.3, -0.25) is 4.79 Å². The number of hydrogen-bond acceptors (Lipinski definition) is 7. The average molecular weight is 330 g/mol. The van der Waals surface area contributed by atoms with Crippen LogP contribution in [0.25, 0.3) is 22.3 Å². The van der Waals surface area contributed by atoms with Crippen molar-refractivity contribution < 1.29 is 29.6 Å². The molecule has 0 atom stereocenters. The van der Waals surface area contributed by atoms with Crippen LogP contribution in [0.2, 0.25) is 0 Å². The molecule has 0 bridgehead atoms. The van der Waals surface area contributed by atoms with Gasteiger partial charge in [0.15, 0.2) is 5.76 Å². The first-order valence-corrected chi connectivity index (χ1v) is 6.96. The maximum absolute atomic E-state index is 12.4. The minimum absolute atomic E-state index is 0.0147. The molecule has 0 aliphatic rings. The number of hydrogen-bond donors (Lipinski definition) is 4. The van der Waals surface area contributed by atoms with Gasteiger partial charge in [-0.05, 0) is 24.3 Å². The van der Waals surface area contributed by atoms with Gasteiger partial charge in [-0.2, -0.15) is 0 Å². The Kier molecular flexibility index (Phi) is 3.78. The van der Waals surface area contributed by atoms with Gasteiger partial charge in [0.1, 0.15) is 28.2 Å². The van der Waals surface area contributed by atoms with Gasteiger partial charge in [-0.15, -0.1) is 0 Å². The minimum atomic E-state index is -0.839. The maximum atomic E-state index is 12.4. The third-order valence-electron chi connectivity index (χ3n) is 3.63. The summed E-state index contributed by atoms with van der Waals surface area (Å²) in [6.07, 6.45) is 0. The first-order chi connectivity index (χ1) is 11.4. The SMILES string of the molecule is COCc1c(O)cc2oc(-c3ccc(O)cc3)c(O)c(=O)c2c1O. The Labute approximate surface area is 135 Å². The van der Waals surface area contributed by atoms with Crippen LogP contribution in [0, 0.1) is 0 Å². The Morgan fingerprint density at radius 1 is 1.04 bits per heavy atom. The van der Waals surface area contributed by atoms with Crippen molar-refractivity contribution in [2.24, 2.45) is 0 Å². The summed E-state index contributed by atoms with van der Waals surface area (Å²) in [5.41, 5.74) is -0.553. The van der Waals surface area contributed by atoms with Crippen molar-refractivity contribution in [3.63, 3.8) is 0 Å². The van der Waals surface area contributed by atoms with E-state index in [-0.39, 0.29) is 40.4 Å². The molecule has 0 saturated heterocycles. The Bertz CT molecular complexity index is 971. The predicted octanol–water partition coefficient (Wildman–Crippen LogP) is 2.43. The highest BCUT2D eigenvalue weighted by atomic mass is 16.5.